The Kier molecular flexibility index (Phi) is 1.56. The zero-order valence-corrected chi connectivity index (χ0v) is 9.77. The number of phenolic OH excluding ortho intramolecular Hbond substituents is 1. The highest BCUT2D eigenvalue weighted by Gasteiger charge is 2.18. The molecule has 0 amide bonds. The first-order valence-corrected chi connectivity index (χ1v) is 5.80. The molecule has 0 fully saturated rings. The molecule has 1 aromatic heterocycles. The predicted octanol–water partition coefficient (Wildman–Crippen LogP) is 1.48. The zero-order chi connectivity index (χ0) is 12.4. The van der Waals surface area contributed by atoms with Crippen molar-refractivity contribution in [2.45, 2.75) is 13.6 Å². The molecule has 0 unspecified atom stereocenters. The molecule has 1 N–H and O–H groups in total. The Bertz CT molecular complexity index is 938. The quantitative estimate of drug-likeness (QED) is 0.645. The standard InChI is InChI=1S/C14H10N2O2/c1-7-8-3-2-4-9-12(8)10(5-11(7)17)13-15-6-16(13)14(9)18/h2-5,17H,6H2,1H3. The van der Waals surface area contributed by atoms with Gasteiger partial charge in [-0.3, -0.25) is 9.36 Å². The van der Waals surface area contributed by atoms with Gasteiger partial charge >= 0.3 is 0 Å². The van der Waals surface area contributed by atoms with Crippen LogP contribution in [0.5, 0.6) is 5.75 Å². The van der Waals surface area contributed by atoms with Crippen molar-refractivity contribution >= 4 is 21.5 Å². The van der Waals surface area contributed by atoms with E-state index in [1.807, 2.05) is 25.1 Å². The second kappa shape index (κ2) is 2.90. The van der Waals surface area contributed by atoms with E-state index in [-0.39, 0.29) is 11.3 Å². The van der Waals surface area contributed by atoms with Crippen LogP contribution in [0.25, 0.3) is 21.5 Å². The first-order chi connectivity index (χ1) is 8.68. The number of pyridine rings is 1. The summed E-state index contributed by atoms with van der Waals surface area (Å²) in [6.07, 6.45) is 0. The van der Waals surface area contributed by atoms with Gasteiger partial charge in [0.05, 0.1) is 0 Å². The number of hydrogen-bond acceptors (Lipinski definition) is 3. The first kappa shape index (κ1) is 9.65. The molecule has 0 spiro atoms. The lowest BCUT2D eigenvalue weighted by Crippen LogP contribution is -2.40. The minimum absolute atomic E-state index is 0.00295. The average Bonchev–Trinajstić information content (AvgIpc) is 2.32. The number of fused-ring (bicyclic) bond motifs is 2. The maximum Gasteiger partial charge on any atom is 0.261 e. The van der Waals surface area contributed by atoms with Gasteiger partial charge in [-0.25, -0.2) is 4.99 Å². The number of phenols is 1. The maximum absolute atomic E-state index is 12.2. The number of hydrogen-bond donors (Lipinski definition) is 1. The summed E-state index contributed by atoms with van der Waals surface area (Å²) in [5, 5.41) is 13.4. The van der Waals surface area contributed by atoms with E-state index in [9.17, 15) is 9.90 Å². The molecule has 2 heterocycles. The molecule has 2 aromatic carbocycles. The molecule has 0 bridgehead atoms. The topological polar surface area (TPSA) is 54.6 Å². The van der Waals surface area contributed by atoms with E-state index in [0.29, 0.717) is 17.5 Å². The van der Waals surface area contributed by atoms with Gasteiger partial charge in [-0.2, -0.15) is 0 Å². The highest BCUT2D eigenvalue weighted by atomic mass is 16.3. The van der Waals surface area contributed by atoms with Crippen LogP contribution in [0.15, 0.2) is 34.1 Å². The molecular formula is C14H10N2O2. The van der Waals surface area contributed by atoms with Crippen molar-refractivity contribution in [1.82, 2.24) is 4.57 Å². The van der Waals surface area contributed by atoms with E-state index in [0.717, 1.165) is 21.7 Å². The van der Waals surface area contributed by atoms with Crippen LogP contribution in [0.3, 0.4) is 0 Å². The second-order valence-corrected chi connectivity index (χ2v) is 4.65. The molecular weight excluding hydrogens is 228 g/mol. The van der Waals surface area contributed by atoms with Gasteiger partial charge in [-0.15, -0.1) is 0 Å². The third-order valence-electron chi connectivity index (χ3n) is 3.74. The van der Waals surface area contributed by atoms with Crippen LogP contribution < -0.4 is 11.0 Å². The number of aryl methyl sites for hydroxylation is 1. The van der Waals surface area contributed by atoms with Gasteiger partial charge < -0.3 is 5.11 Å². The molecule has 1 aliphatic heterocycles. The molecule has 1 aliphatic rings. The fraction of sp³-hybridized carbons (Fsp3) is 0.143. The van der Waals surface area contributed by atoms with Crippen LogP contribution in [-0.2, 0) is 6.67 Å². The smallest absolute Gasteiger partial charge is 0.261 e. The van der Waals surface area contributed by atoms with E-state index in [1.54, 1.807) is 10.6 Å². The second-order valence-electron chi connectivity index (χ2n) is 4.65. The molecule has 0 aliphatic carbocycles. The maximum atomic E-state index is 12.2. The molecule has 18 heavy (non-hydrogen) atoms. The van der Waals surface area contributed by atoms with Gasteiger partial charge in [0.15, 0.2) is 0 Å². The summed E-state index contributed by atoms with van der Waals surface area (Å²) in [5.74, 6) is 0.249. The lowest BCUT2D eigenvalue weighted by molar-refractivity contribution is 0.472. The Balaban J connectivity index is 2.50. The molecule has 0 radical (unpaired) electrons. The number of aromatic hydroxyl groups is 1. The lowest BCUT2D eigenvalue weighted by atomic mass is 9.97. The van der Waals surface area contributed by atoms with Crippen molar-refractivity contribution in [2.24, 2.45) is 4.99 Å². The van der Waals surface area contributed by atoms with Crippen molar-refractivity contribution in [3.8, 4) is 5.75 Å². The summed E-state index contributed by atoms with van der Waals surface area (Å²) in [7, 11) is 0. The summed E-state index contributed by atoms with van der Waals surface area (Å²) >= 11 is 0. The van der Waals surface area contributed by atoms with Crippen molar-refractivity contribution in [1.29, 1.82) is 0 Å². The van der Waals surface area contributed by atoms with Crippen LogP contribution >= 0.6 is 0 Å². The highest BCUT2D eigenvalue weighted by molar-refractivity contribution is 6.11. The van der Waals surface area contributed by atoms with Crippen LogP contribution in [-0.4, -0.2) is 9.67 Å². The van der Waals surface area contributed by atoms with Crippen LogP contribution in [0.2, 0.25) is 0 Å². The van der Waals surface area contributed by atoms with Crippen molar-refractivity contribution in [3.05, 3.63) is 45.7 Å². The summed E-state index contributed by atoms with van der Waals surface area (Å²) in [6.45, 7) is 2.27. The average molecular weight is 238 g/mol. The third-order valence-corrected chi connectivity index (χ3v) is 3.74. The molecule has 4 heteroatoms. The Hall–Kier alpha value is -2.36. The van der Waals surface area contributed by atoms with Crippen molar-refractivity contribution in [3.63, 3.8) is 0 Å². The van der Waals surface area contributed by atoms with Gasteiger partial charge in [0.2, 0.25) is 0 Å². The molecule has 0 atom stereocenters. The van der Waals surface area contributed by atoms with Crippen LogP contribution in [0.4, 0.5) is 0 Å². The fourth-order valence-corrected chi connectivity index (χ4v) is 2.71. The van der Waals surface area contributed by atoms with Crippen LogP contribution in [0.1, 0.15) is 5.56 Å². The number of benzene rings is 2. The van der Waals surface area contributed by atoms with Gasteiger partial charge in [-0.05, 0) is 30.0 Å². The Morgan fingerprint density at radius 2 is 2.06 bits per heavy atom. The highest BCUT2D eigenvalue weighted by Crippen LogP contribution is 2.31. The van der Waals surface area contributed by atoms with Gasteiger partial charge in [0.25, 0.3) is 5.56 Å². The van der Waals surface area contributed by atoms with Crippen molar-refractivity contribution < 1.29 is 5.11 Å². The van der Waals surface area contributed by atoms with E-state index in [1.165, 1.54) is 0 Å². The summed E-state index contributed by atoms with van der Waals surface area (Å²) in [5.41, 5.74) is 1.49. The monoisotopic (exact) mass is 238 g/mol. The molecule has 0 saturated heterocycles. The normalized spacial score (nSPS) is 13.4. The number of nitrogens with zero attached hydrogens (tertiary/aromatic N) is 2. The summed E-state index contributed by atoms with van der Waals surface area (Å²) in [6, 6.07) is 7.33. The van der Waals surface area contributed by atoms with E-state index >= 15 is 0 Å². The fourth-order valence-electron chi connectivity index (χ4n) is 2.71. The summed E-state index contributed by atoms with van der Waals surface area (Å²) < 4.78 is 1.64. The molecule has 88 valence electrons. The van der Waals surface area contributed by atoms with Gasteiger partial charge in [0, 0.05) is 16.2 Å². The van der Waals surface area contributed by atoms with Gasteiger partial charge in [0.1, 0.15) is 17.9 Å². The number of aromatic nitrogens is 1. The van der Waals surface area contributed by atoms with Crippen molar-refractivity contribution in [2.75, 3.05) is 0 Å². The summed E-state index contributed by atoms with van der Waals surface area (Å²) in [4.78, 5) is 16.5. The lowest BCUT2D eigenvalue weighted by Gasteiger charge is -2.17. The molecule has 0 saturated carbocycles. The third kappa shape index (κ3) is 0.921. The van der Waals surface area contributed by atoms with E-state index in [2.05, 4.69) is 4.99 Å². The van der Waals surface area contributed by atoms with E-state index in [4.69, 9.17) is 0 Å². The van der Waals surface area contributed by atoms with Crippen LogP contribution in [0, 0.1) is 6.92 Å². The van der Waals surface area contributed by atoms with E-state index < -0.39 is 0 Å². The molecule has 4 nitrogen and oxygen atoms in total. The Morgan fingerprint density at radius 3 is 2.78 bits per heavy atom. The molecule has 3 aromatic rings. The predicted molar refractivity (Wildman–Crippen MR) is 68.9 cm³/mol. The number of rotatable bonds is 0. The first-order valence-electron chi connectivity index (χ1n) is 5.80. The Labute approximate surface area is 102 Å². The molecule has 4 rings (SSSR count). The zero-order valence-electron chi connectivity index (χ0n) is 9.77. The SMILES string of the molecule is Cc1c(O)cc2c3n(c(=O)c4cccc1c42)CN=3. The minimum atomic E-state index is 0.00295. The minimum Gasteiger partial charge on any atom is -0.508 e. The van der Waals surface area contributed by atoms with Gasteiger partial charge in [-0.1, -0.05) is 12.1 Å². The Morgan fingerprint density at radius 1 is 1.28 bits per heavy atom. The largest absolute Gasteiger partial charge is 0.508 e.